The van der Waals surface area contributed by atoms with Crippen molar-refractivity contribution in [3.63, 3.8) is 0 Å². The Morgan fingerprint density at radius 1 is 0.889 bits per heavy atom. The number of ketones is 1. The highest BCUT2D eigenvalue weighted by Gasteiger charge is 2.18. The van der Waals surface area contributed by atoms with Crippen LogP contribution >= 0.6 is 11.6 Å². The Hall–Kier alpha value is -2.91. The molecule has 3 aromatic rings. The maximum Gasteiger partial charge on any atom is 0.231 e. The summed E-state index contributed by atoms with van der Waals surface area (Å²) >= 11 is 6.12. The van der Waals surface area contributed by atoms with Gasteiger partial charge in [0.05, 0.1) is 5.92 Å². The summed E-state index contributed by atoms with van der Waals surface area (Å²) in [6, 6.07) is 21.7. The Balaban J connectivity index is 1.78. The van der Waals surface area contributed by atoms with Crippen LogP contribution in [0.25, 0.3) is 0 Å². The zero-order valence-electron chi connectivity index (χ0n) is 15.2. The van der Waals surface area contributed by atoms with Crippen molar-refractivity contribution in [1.29, 1.82) is 0 Å². The van der Waals surface area contributed by atoms with Crippen molar-refractivity contribution in [2.45, 2.75) is 19.8 Å². The number of rotatable bonds is 5. The molecule has 0 saturated heterocycles. The highest BCUT2D eigenvalue weighted by molar-refractivity contribution is 6.31. The first-order valence-corrected chi connectivity index (χ1v) is 9.10. The van der Waals surface area contributed by atoms with Gasteiger partial charge in [-0.2, -0.15) is 0 Å². The van der Waals surface area contributed by atoms with Crippen molar-refractivity contribution in [2.24, 2.45) is 0 Å². The van der Waals surface area contributed by atoms with E-state index in [0.29, 0.717) is 21.8 Å². The lowest BCUT2D eigenvalue weighted by atomic mass is 9.95. The molecule has 0 saturated carbocycles. The minimum Gasteiger partial charge on any atom is -0.326 e. The summed E-state index contributed by atoms with van der Waals surface area (Å²) in [7, 11) is 0. The third-order valence-electron chi connectivity index (χ3n) is 4.52. The Morgan fingerprint density at radius 2 is 1.59 bits per heavy atom. The highest BCUT2D eigenvalue weighted by atomic mass is 35.5. The lowest BCUT2D eigenvalue weighted by Gasteiger charge is -2.14. The van der Waals surface area contributed by atoms with Crippen LogP contribution in [0.4, 0.5) is 5.69 Å². The summed E-state index contributed by atoms with van der Waals surface area (Å²) in [6.45, 7) is 3.73. The molecule has 0 radical (unpaired) electrons. The first kappa shape index (κ1) is 18.9. The molecule has 3 nitrogen and oxygen atoms in total. The van der Waals surface area contributed by atoms with E-state index in [-0.39, 0.29) is 11.7 Å². The molecule has 1 unspecified atom stereocenters. The van der Waals surface area contributed by atoms with Gasteiger partial charge in [0.25, 0.3) is 0 Å². The van der Waals surface area contributed by atoms with Crippen LogP contribution in [-0.2, 0) is 4.79 Å². The average molecular weight is 378 g/mol. The van der Waals surface area contributed by atoms with Crippen LogP contribution in [0.2, 0.25) is 5.02 Å². The summed E-state index contributed by atoms with van der Waals surface area (Å²) in [4.78, 5) is 25.3. The van der Waals surface area contributed by atoms with Crippen molar-refractivity contribution in [3.05, 3.63) is 100 Å². The zero-order valence-corrected chi connectivity index (χ0v) is 16.0. The first-order valence-electron chi connectivity index (χ1n) is 8.72. The molecule has 0 aliphatic carbocycles. The number of nitrogens with one attached hydrogen (secondary N) is 1. The van der Waals surface area contributed by atoms with E-state index >= 15 is 0 Å². The third-order valence-corrected chi connectivity index (χ3v) is 4.92. The molecule has 4 heteroatoms. The normalized spacial score (nSPS) is 11.7. The second kappa shape index (κ2) is 8.19. The monoisotopic (exact) mass is 377 g/mol. The van der Waals surface area contributed by atoms with Gasteiger partial charge in [-0.3, -0.25) is 9.59 Å². The summed E-state index contributed by atoms with van der Waals surface area (Å²) < 4.78 is 0. The van der Waals surface area contributed by atoms with E-state index in [2.05, 4.69) is 5.32 Å². The molecule has 0 aromatic heterocycles. The molecular formula is C23H20ClNO2. The van der Waals surface area contributed by atoms with Crippen LogP contribution < -0.4 is 5.32 Å². The van der Waals surface area contributed by atoms with Gasteiger partial charge >= 0.3 is 0 Å². The van der Waals surface area contributed by atoms with Crippen LogP contribution in [0, 0.1) is 6.92 Å². The fraction of sp³-hybridized carbons (Fsp3) is 0.130. The van der Waals surface area contributed by atoms with Gasteiger partial charge in [-0.1, -0.05) is 66.2 Å². The predicted octanol–water partition coefficient (Wildman–Crippen LogP) is 5.62. The topological polar surface area (TPSA) is 46.2 Å². The fourth-order valence-electron chi connectivity index (χ4n) is 2.78. The van der Waals surface area contributed by atoms with Crippen LogP contribution in [0.1, 0.15) is 39.9 Å². The van der Waals surface area contributed by atoms with Gasteiger partial charge in [0.15, 0.2) is 5.78 Å². The van der Waals surface area contributed by atoms with Crippen LogP contribution in [0.15, 0.2) is 72.8 Å². The number of hydrogen-bond donors (Lipinski definition) is 1. The van der Waals surface area contributed by atoms with E-state index < -0.39 is 5.92 Å². The van der Waals surface area contributed by atoms with E-state index in [9.17, 15) is 9.59 Å². The lowest BCUT2D eigenvalue weighted by molar-refractivity contribution is -0.117. The molecule has 0 bridgehead atoms. The standard InChI is InChI=1S/C23H20ClNO2/c1-15-11-12-20(14-21(15)24)25-23(27)16(2)18-9-6-10-19(13-18)22(26)17-7-4-3-5-8-17/h3-14,16H,1-2H3,(H,25,27). The molecular weight excluding hydrogens is 358 g/mol. The molecule has 0 fully saturated rings. The van der Waals surface area contributed by atoms with Gasteiger partial charge in [0.1, 0.15) is 0 Å². The molecule has 1 amide bonds. The van der Waals surface area contributed by atoms with Crippen molar-refractivity contribution < 1.29 is 9.59 Å². The van der Waals surface area contributed by atoms with Crippen molar-refractivity contribution in [1.82, 2.24) is 0 Å². The zero-order chi connectivity index (χ0) is 19.4. The number of carbonyl (C=O) groups excluding carboxylic acids is 2. The smallest absolute Gasteiger partial charge is 0.231 e. The number of halogens is 1. The SMILES string of the molecule is Cc1ccc(NC(=O)C(C)c2cccc(C(=O)c3ccccc3)c2)cc1Cl. The first-order chi connectivity index (χ1) is 13.0. The average Bonchev–Trinajstić information content (AvgIpc) is 2.70. The highest BCUT2D eigenvalue weighted by Crippen LogP contribution is 2.23. The third kappa shape index (κ3) is 4.44. The number of carbonyl (C=O) groups is 2. The number of anilines is 1. The molecule has 27 heavy (non-hydrogen) atoms. The number of amides is 1. The van der Waals surface area contributed by atoms with Crippen molar-refractivity contribution >= 4 is 29.0 Å². The van der Waals surface area contributed by atoms with Gasteiger partial charge in [-0.25, -0.2) is 0 Å². The quantitative estimate of drug-likeness (QED) is 0.586. The molecule has 136 valence electrons. The molecule has 0 aliphatic rings. The maximum atomic E-state index is 12.6. The van der Waals surface area contributed by atoms with E-state index in [1.807, 2.05) is 50.2 Å². The summed E-state index contributed by atoms with van der Waals surface area (Å²) in [6.07, 6.45) is 0. The van der Waals surface area contributed by atoms with Gasteiger partial charge in [-0.15, -0.1) is 0 Å². The van der Waals surface area contributed by atoms with Gasteiger partial charge in [-0.05, 0) is 43.2 Å². The minimum absolute atomic E-state index is 0.0598. The van der Waals surface area contributed by atoms with Gasteiger partial charge in [0, 0.05) is 21.8 Å². The molecule has 3 aromatic carbocycles. The summed E-state index contributed by atoms with van der Waals surface area (Å²) in [5, 5.41) is 3.49. The number of hydrogen-bond acceptors (Lipinski definition) is 2. The Bertz CT molecular complexity index is 983. The van der Waals surface area contributed by atoms with Gasteiger partial charge in [0.2, 0.25) is 5.91 Å². The Labute approximate surface area is 164 Å². The second-order valence-corrected chi connectivity index (χ2v) is 6.90. The van der Waals surface area contributed by atoms with Crippen molar-refractivity contribution in [3.8, 4) is 0 Å². The Kier molecular flexibility index (Phi) is 5.72. The Morgan fingerprint density at radius 3 is 2.30 bits per heavy atom. The van der Waals surface area contributed by atoms with Crippen LogP contribution in [-0.4, -0.2) is 11.7 Å². The number of benzene rings is 3. The molecule has 0 spiro atoms. The van der Waals surface area contributed by atoms with Crippen LogP contribution in [0.5, 0.6) is 0 Å². The molecule has 1 atom stereocenters. The summed E-state index contributed by atoms with van der Waals surface area (Å²) in [5.41, 5.74) is 3.58. The molecule has 1 N–H and O–H groups in total. The van der Waals surface area contributed by atoms with E-state index in [0.717, 1.165) is 11.1 Å². The van der Waals surface area contributed by atoms with Gasteiger partial charge < -0.3 is 5.32 Å². The summed E-state index contributed by atoms with van der Waals surface area (Å²) in [5.74, 6) is -0.622. The van der Waals surface area contributed by atoms with Crippen molar-refractivity contribution in [2.75, 3.05) is 5.32 Å². The molecule has 0 aliphatic heterocycles. The largest absolute Gasteiger partial charge is 0.326 e. The predicted molar refractivity (Wildman–Crippen MR) is 110 cm³/mol. The number of aryl methyl sites for hydroxylation is 1. The minimum atomic E-state index is -0.409. The van der Waals surface area contributed by atoms with E-state index in [4.69, 9.17) is 11.6 Å². The molecule has 0 heterocycles. The second-order valence-electron chi connectivity index (χ2n) is 6.50. The van der Waals surface area contributed by atoms with Crippen LogP contribution in [0.3, 0.4) is 0 Å². The van der Waals surface area contributed by atoms with E-state index in [1.54, 1.807) is 36.4 Å². The molecule has 3 rings (SSSR count). The van der Waals surface area contributed by atoms with E-state index in [1.165, 1.54) is 0 Å². The maximum absolute atomic E-state index is 12.6. The fourth-order valence-corrected chi connectivity index (χ4v) is 2.96. The lowest BCUT2D eigenvalue weighted by Crippen LogP contribution is -2.19.